The van der Waals surface area contributed by atoms with Crippen LogP contribution in [0, 0.1) is 11.2 Å². The molecule has 20 heavy (non-hydrogen) atoms. The molecule has 0 aliphatic heterocycles. The maximum atomic E-state index is 13.9. The van der Waals surface area contributed by atoms with Gasteiger partial charge in [-0.05, 0) is 35.4 Å². The molecule has 3 heteroatoms. The Labute approximate surface area is 136 Å². The van der Waals surface area contributed by atoms with Crippen molar-refractivity contribution in [2.75, 3.05) is 10.7 Å². The van der Waals surface area contributed by atoms with Crippen molar-refractivity contribution in [1.29, 1.82) is 0 Å². The van der Waals surface area contributed by atoms with E-state index in [1.807, 2.05) is 30.3 Å². The fraction of sp³-hybridized carbons (Fsp3) is 0.294. The maximum Gasteiger partial charge on any atom is 0.126 e. The molecule has 0 N–H and O–H groups in total. The van der Waals surface area contributed by atoms with Crippen LogP contribution >= 0.6 is 31.9 Å². The molecule has 0 atom stereocenters. The zero-order chi connectivity index (χ0) is 14.4. The summed E-state index contributed by atoms with van der Waals surface area (Å²) in [5, 5.41) is 1.66. The summed E-state index contributed by atoms with van der Waals surface area (Å²) in [6.07, 6.45) is 1.63. The lowest BCUT2D eigenvalue weighted by Crippen LogP contribution is -2.30. The van der Waals surface area contributed by atoms with Crippen LogP contribution in [-0.4, -0.2) is 10.7 Å². The van der Waals surface area contributed by atoms with Gasteiger partial charge in [-0.15, -0.1) is 0 Å². The summed E-state index contributed by atoms with van der Waals surface area (Å²) < 4.78 is 13.9. The Kier molecular flexibility index (Phi) is 5.79. The van der Waals surface area contributed by atoms with E-state index >= 15 is 0 Å². The van der Waals surface area contributed by atoms with Gasteiger partial charge in [-0.25, -0.2) is 4.39 Å². The molecule has 0 fully saturated rings. The Balaban J connectivity index is 2.23. The van der Waals surface area contributed by atoms with Crippen LogP contribution in [0.4, 0.5) is 4.39 Å². The highest BCUT2D eigenvalue weighted by Gasteiger charge is 2.29. The van der Waals surface area contributed by atoms with Gasteiger partial charge in [0, 0.05) is 10.7 Å². The topological polar surface area (TPSA) is 0 Å². The zero-order valence-electron chi connectivity index (χ0n) is 11.2. The number of alkyl halides is 2. The molecule has 0 radical (unpaired) electrons. The molecule has 0 aliphatic rings. The van der Waals surface area contributed by atoms with E-state index in [-0.39, 0.29) is 11.2 Å². The molecule has 0 unspecified atom stereocenters. The van der Waals surface area contributed by atoms with Gasteiger partial charge in [0.1, 0.15) is 5.82 Å². The lowest BCUT2D eigenvalue weighted by atomic mass is 9.80. The molecule has 0 saturated carbocycles. The normalized spacial score (nSPS) is 11.6. The second-order valence-corrected chi connectivity index (χ2v) is 6.32. The fourth-order valence-corrected chi connectivity index (χ4v) is 4.08. The van der Waals surface area contributed by atoms with Crippen LogP contribution in [0.2, 0.25) is 0 Å². The Hall–Kier alpha value is -0.670. The highest BCUT2D eigenvalue weighted by molar-refractivity contribution is 9.09. The monoisotopic (exact) mass is 398 g/mol. The van der Waals surface area contributed by atoms with Crippen LogP contribution in [0.15, 0.2) is 54.6 Å². The van der Waals surface area contributed by atoms with Crippen molar-refractivity contribution in [3.63, 3.8) is 0 Å². The van der Waals surface area contributed by atoms with E-state index in [1.54, 1.807) is 6.07 Å². The lowest BCUT2D eigenvalue weighted by molar-refractivity contribution is 0.378. The van der Waals surface area contributed by atoms with Crippen molar-refractivity contribution < 1.29 is 4.39 Å². The van der Waals surface area contributed by atoms with Crippen molar-refractivity contribution in [3.05, 3.63) is 71.5 Å². The predicted molar refractivity (Wildman–Crippen MR) is 90.3 cm³/mol. The molecule has 2 aromatic rings. The van der Waals surface area contributed by atoms with E-state index in [2.05, 4.69) is 44.0 Å². The molecule has 0 bridgehead atoms. The number of halogens is 3. The first-order valence-electron chi connectivity index (χ1n) is 6.58. The second kappa shape index (κ2) is 7.37. The minimum atomic E-state index is -0.119. The molecule has 0 aromatic heterocycles. The van der Waals surface area contributed by atoms with Gasteiger partial charge < -0.3 is 0 Å². The summed E-state index contributed by atoms with van der Waals surface area (Å²) in [6, 6.07) is 17.4. The summed E-state index contributed by atoms with van der Waals surface area (Å²) >= 11 is 7.24. The number of benzene rings is 2. The van der Waals surface area contributed by atoms with Crippen LogP contribution in [0.1, 0.15) is 11.1 Å². The summed E-state index contributed by atoms with van der Waals surface area (Å²) in [6.45, 7) is 0. The number of hydrogen-bond acceptors (Lipinski definition) is 0. The molecule has 0 spiro atoms. The highest BCUT2D eigenvalue weighted by Crippen LogP contribution is 2.33. The average Bonchev–Trinajstić information content (AvgIpc) is 2.50. The smallest absolute Gasteiger partial charge is 0.126 e. The van der Waals surface area contributed by atoms with E-state index in [4.69, 9.17) is 0 Å². The largest absolute Gasteiger partial charge is 0.207 e. The first-order valence-corrected chi connectivity index (χ1v) is 8.83. The van der Waals surface area contributed by atoms with Gasteiger partial charge in [-0.2, -0.15) is 0 Å². The minimum absolute atomic E-state index is 0.0243. The highest BCUT2D eigenvalue weighted by atomic mass is 79.9. The third kappa shape index (κ3) is 3.92. The van der Waals surface area contributed by atoms with E-state index < -0.39 is 0 Å². The van der Waals surface area contributed by atoms with Gasteiger partial charge in [0.25, 0.3) is 0 Å². The van der Waals surface area contributed by atoms with Crippen LogP contribution in [-0.2, 0) is 12.8 Å². The van der Waals surface area contributed by atoms with Crippen molar-refractivity contribution >= 4 is 31.9 Å². The van der Waals surface area contributed by atoms with Crippen LogP contribution in [0.3, 0.4) is 0 Å². The first kappa shape index (κ1) is 15.7. The second-order valence-electron chi connectivity index (χ2n) is 5.20. The minimum Gasteiger partial charge on any atom is -0.207 e. The van der Waals surface area contributed by atoms with E-state index in [9.17, 15) is 4.39 Å². The quantitative estimate of drug-likeness (QED) is 0.571. The third-order valence-electron chi connectivity index (χ3n) is 3.51. The van der Waals surface area contributed by atoms with Crippen molar-refractivity contribution in [1.82, 2.24) is 0 Å². The first-order chi connectivity index (χ1) is 9.69. The Morgan fingerprint density at radius 1 is 0.800 bits per heavy atom. The fourth-order valence-electron chi connectivity index (χ4n) is 2.36. The Morgan fingerprint density at radius 2 is 1.40 bits per heavy atom. The standard InChI is InChI=1S/C17H17Br2F/c18-12-17(13-19,10-14-6-2-1-3-7-14)11-15-8-4-5-9-16(15)20/h1-9H,10-13H2. The van der Waals surface area contributed by atoms with Crippen LogP contribution < -0.4 is 0 Å². The molecule has 0 heterocycles. The van der Waals surface area contributed by atoms with Gasteiger partial charge in [0.2, 0.25) is 0 Å². The molecular formula is C17H17Br2F. The van der Waals surface area contributed by atoms with Crippen LogP contribution in [0.5, 0.6) is 0 Å². The van der Waals surface area contributed by atoms with E-state index in [0.717, 1.165) is 22.6 Å². The summed E-state index contributed by atoms with van der Waals surface area (Å²) in [5.74, 6) is -0.119. The summed E-state index contributed by atoms with van der Waals surface area (Å²) in [5.41, 5.74) is 2.04. The van der Waals surface area contributed by atoms with Gasteiger partial charge in [-0.3, -0.25) is 0 Å². The summed E-state index contributed by atoms with van der Waals surface area (Å²) in [4.78, 5) is 0. The number of hydrogen-bond donors (Lipinski definition) is 0. The third-order valence-corrected chi connectivity index (χ3v) is 5.89. The van der Waals surface area contributed by atoms with E-state index in [1.165, 1.54) is 11.6 Å². The predicted octanol–water partition coefficient (Wildman–Crippen LogP) is 5.39. The number of rotatable bonds is 6. The molecule has 2 aromatic carbocycles. The average molecular weight is 400 g/mol. The lowest BCUT2D eigenvalue weighted by Gasteiger charge is -2.30. The molecule has 2 rings (SSSR count). The van der Waals surface area contributed by atoms with Crippen molar-refractivity contribution in [2.45, 2.75) is 12.8 Å². The van der Waals surface area contributed by atoms with Gasteiger partial charge >= 0.3 is 0 Å². The Morgan fingerprint density at radius 3 is 2.00 bits per heavy atom. The molecule has 0 nitrogen and oxygen atoms in total. The van der Waals surface area contributed by atoms with Gasteiger partial charge in [-0.1, -0.05) is 80.4 Å². The van der Waals surface area contributed by atoms with Gasteiger partial charge in [0.05, 0.1) is 0 Å². The molecular weight excluding hydrogens is 383 g/mol. The maximum absolute atomic E-state index is 13.9. The molecule has 106 valence electrons. The van der Waals surface area contributed by atoms with Crippen molar-refractivity contribution in [2.24, 2.45) is 5.41 Å². The SMILES string of the molecule is Fc1ccccc1CC(CBr)(CBr)Cc1ccccc1. The van der Waals surface area contributed by atoms with Crippen molar-refractivity contribution in [3.8, 4) is 0 Å². The molecule has 0 saturated heterocycles. The van der Waals surface area contributed by atoms with E-state index in [0.29, 0.717) is 6.42 Å². The van der Waals surface area contributed by atoms with Gasteiger partial charge in [0.15, 0.2) is 0 Å². The zero-order valence-corrected chi connectivity index (χ0v) is 14.3. The van der Waals surface area contributed by atoms with Crippen LogP contribution in [0.25, 0.3) is 0 Å². The molecule has 0 amide bonds. The molecule has 0 aliphatic carbocycles. The summed E-state index contributed by atoms with van der Waals surface area (Å²) in [7, 11) is 0. The Bertz CT molecular complexity index is 536.